The maximum atomic E-state index is 13.1. The molecule has 216 valence electrons. The SMILES string of the molecule is CCCC(C)(O)c1ccc(-c2c(N)ncnc2N2CCN(C(CN(C)C)c3ccc(C(F)(F)F)cc3)CC2)cc1. The Bertz CT molecular complexity index is 1250. The second kappa shape index (κ2) is 12.1. The molecule has 1 fully saturated rings. The molecule has 0 spiro atoms. The Morgan fingerprint density at radius 3 is 2.10 bits per heavy atom. The van der Waals surface area contributed by atoms with E-state index in [0.717, 1.165) is 46.6 Å². The van der Waals surface area contributed by atoms with Crippen molar-refractivity contribution in [2.24, 2.45) is 0 Å². The van der Waals surface area contributed by atoms with E-state index >= 15 is 0 Å². The van der Waals surface area contributed by atoms with E-state index in [0.29, 0.717) is 45.0 Å². The Balaban J connectivity index is 1.54. The Kier molecular flexibility index (Phi) is 9.02. The summed E-state index contributed by atoms with van der Waals surface area (Å²) < 4.78 is 39.4. The molecule has 1 aliphatic rings. The molecule has 7 nitrogen and oxygen atoms in total. The summed E-state index contributed by atoms with van der Waals surface area (Å²) in [5.41, 5.74) is 8.16. The van der Waals surface area contributed by atoms with Gasteiger partial charge in [0.25, 0.3) is 0 Å². The summed E-state index contributed by atoms with van der Waals surface area (Å²) in [5.74, 6) is 1.13. The van der Waals surface area contributed by atoms with Crippen LogP contribution in [0, 0.1) is 0 Å². The van der Waals surface area contributed by atoms with Crippen LogP contribution in [0.4, 0.5) is 24.8 Å². The van der Waals surface area contributed by atoms with Gasteiger partial charge in [0.05, 0.1) is 16.7 Å². The van der Waals surface area contributed by atoms with Gasteiger partial charge >= 0.3 is 6.18 Å². The molecule has 2 atom stereocenters. The normalized spacial score (nSPS) is 17.2. The summed E-state index contributed by atoms with van der Waals surface area (Å²) in [4.78, 5) is 15.4. The number of hydrogen-bond donors (Lipinski definition) is 2. The van der Waals surface area contributed by atoms with Crippen molar-refractivity contribution < 1.29 is 18.3 Å². The number of alkyl halides is 3. The first-order valence-electron chi connectivity index (χ1n) is 13.7. The van der Waals surface area contributed by atoms with Crippen LogP contribution in [0.2, 0.25) is 0 Å². The van der Waals surface area contributed by atoms with Crippen molar-refractivity contribution in [3.63, 3.8) is 0 Å². The van der Waals surface area contributed by atoms with Crippen molar-refractivity contribution in [2.45, 2.75) is 44.5 Å². The summed E-state index contributed by atoms with van der Waals surface area (Å²) in [6, 6.07) is 13.2. The fourth-order valence-corrected chi connectivity index (χ4v) is 5.45. The molecule has 2 heterocycles. The molecule has 0 radical (unpaired) electrons. The van der Waals surface area contributed by atoms with E-state index in [1.54, 1.807) is 12.1 Å². The van der Waals surface area contributed by atoms with E-state index < -0.39 is 17.3 Å². The smallest absolute Gasteiger partial charge is 0.385 e. The molecule has 2 unspecified atom stereocenters. The van der Waals surface area contributed by atoms with Gasteiger partial charge in [0.15, 0.2) is 0 Å². The van der Waals surface area contributed by atoms with E-state index in [2.05, 4.69) is 24.7 Å². The molecule has 1 aromatic heterocycles. The van der Waals surface area contributed by atoms with Gasteiger partial charge in [-0.15, -0.1) is 0 Å². The largest absolute Gasteiger partial charge is 0.416 e. The highest BCUT2D eigenvalue weighted by atomic mass is 19.4. The Labute approximate surface area is 234 Å². The molecular weight excluding hydrogens is 517 g/mol. The summed E-state index contributed by atoms with van der Waals surface area (Å²) in [5, 5.41) is 10.8. The number of anilines is 2. The Morgan fingerprint density at radius 2 is 1.55 bits per heavy atom. The minimum absolute atomic E-state index is 0.0437. The first-order valence-corrected chi connectivity index (χ1v) is 13.7. The van der Waals surface area contributed by atoms with Crippen molar-refractivity contribution in [3.05, 3.63) is 71.5 Å². The van der Waals surface area contributed by atoms with Crippen molar-refractivity contribution in [1.29, 1.82) is 0 Å². The number of nitrogens with zero attached hydrogens (tertiary/aromatic N) is 5. The van der Waals surface area contributed by atoms with Crippen LogP contribution in [-0.4, -0.2) is 71.7 Å². The topological polar surface area (TPSA) is 81.7 Å². The predicted octanol–water partition coefficient (Wildman–Crippen LogP) is 5.18. The van der Waals surface area contributed by atoms with Crippen molar-refractivity contribution in [1.82, 2.24) is 19.8 Å². The van der Waals surface area contributed by atoms with Gasteiger partial charge in [-0.25, -0.2) is 9.97 Å². The van der Waals surface area contributed by atoms with Crippen LogP contribution < -0.4 is 10.6 Å². The number of benzene rings is 2. The maximum absolute atomic E-state index is 13.1. The molecule has 0 amide bonds. The lowest BCUT2D eigenvalue weighted by atomic mass is 9.90. The zero-order valence-electron chi connectivity index (χ0n) is 23.6. The van der Waals surface area contributed by atoms with Crippen molar-refractivity contribution in [2.75, 3.05) is 57.5 Å². The van der Waals surface area contributed by atoms with Gasteiger partial charge in [0.2, 0.25) is 0 Å². The number of likely N-dealkylation sites (N-methyl/N-ethyl adjacent to an activating group) is 1. The monoisotopic (exact) mass is 556 g/mol. The highest BCUT2D eigenvalue weighted by molar-refractivity contribution is 5.84. The molecule has 0 saturated carbocycles. The van der Waals surface area contributed by atoms with Crippen LogP contribution in [0.15, 0.2) is 54.9 Å². The lowest BCUT2D eigenvalue weighted by molar-refractivity contribution is -0.137. The third-order valence-corrected chi connectivity index (χ3v) is 7.60. The van der Waals surface area contributed by atoms with Gasteiger partial charge in [-0.1, -0.05) is 49.7 Å². The first kappa shape index (κ1) is 29.8. The second-order valence-electron chi connectivity index (χ2n) is 11.0. The van der Waals surface area contributed by atoms with E-state index in [1.165, 1.54) is 6.33 Å². The van der Waals surface area contributed by atoms with Crippen LogP contribution in [0.3, 0.4) is 0 Å². The van der Waals surface area contributed by atoms with Gasteiger partial charge in [0, 0.05) is 38.8 Å². The maximum Gasteiger partial charge on any atom is 0.416 e. The molecule has 40 heavy (non-hydrogen) atoms. The van der Waals surface area contributed by atoms with Gasteiger partial charge in [-0.05, 0) is 56.3 Å². The minimum atomic E-state index is -4.36. The number of nitrogens with two attached hydrogens (primary N) is 1. The first-order chi connectivity index (χ1) is 18.9. The third kappa shape index (κ3) is 6.74. The number of aromatic nitrogens is 2. The molecule has 1 aliphatic heterocycles. The average Bonchev–Trinajstić information content (AvgIpc) is 2.91. The fraction of sp³-hybridized carbons (Fsp3) is 0.467. The number of piperazine rings is 1. The molecule has 2 aromatic carbocycles. The Morgan fingerprint density at radius 1 is 0.950 bits per heavy atom. The molecule has 10 heteroatoms. The standard InChI is InChI=1S/C30H39F3N6O/c1-5-14-29(2,40)23-10-8-22(9-11-23)26-27(34)35-20-36-28(26)39-17-15-38(16-18-39)25(19-37(3)4)21-6-12-24(13-7-21)30(31,32)33/h6-13,20,25,40H,5,14-19H2,1-4H3,(H2,34,35,36). The van der Waals surface area contributed by atoms with Crippen LogP contribution in [-0.2, 0) is 11.8 Å². The summed E-state index contributed by atoms with van der Waals surface area (Å²) in [6.07, 6.45) is -1.34. The fourth-order valence-electron chi connectivity index (χ4n) is 5.45. The van der Waals surface area contributed by atoms with Crippen molar-refractivity contribution in [3.8, 4) is 11.1 Å². The zero-order chi connectivity index (χ0) is 29.1. The lowest BCUT2D eigenvalue weighted by Crippen LogP contribution is -2.49. The highest BCUT2D eigenvalue weighted by Gasteiger charge is 2.32. The number of aliphatic hydroxyl groups is 1. The molecule has 0 bridgehead atoms. The Hall–Kier alpha value is -3.21. The van der Waals surface area contributed by atoms with Crippen LogP contribution in [0.25, 0.3) is 11.1 Å². The number of hydrogen-bond acceptors (Lipinski definition) is 7. The van der Waals surface area contributed by atoms with E-state index in [1.807, 2.05) is 52.2 Å². The summed E-state index contributed by atoms with van der Waals surface area (Å²) in [7, 11) is 3.94. The molecule has 3 aromatic rings. The second-order valence-corrected chi connectivity index (χ2v) is 11.0. The van der Waals surface area contributed by atoms with Crippen LogP contribution in [0.5, 0.6) is 0 Å². The number of rotatable bonds is 9. The molecule has 4 rings (SSSR count). The van der Waals surface area contributed by atoms with Gasteiger partial charge < -0.3 is 20.6 Å². The molecule has 0 aliphatic carbocycles. The van der Waals surface area contributed by atoms with Crippen molar-refractivity contribution >= 4 is 11.6 Å². The third-order valence-electron chi connectivity index (χ3n) is 7.60. The summed E-state index contributed by atoms with van der Waals surface area (Å²) in [6.45, 7) is 7.33. The van der Waals surface area contributed by atoms with Crippen LogP contribution in [0.1, 0.15) is 49.4 Å². The van der Waals surface area contributed by atoms with Gasteiger partial charge in [-0.2, -0.15) is 13.2 Å². The minimum Gasteiger partial charge on any atom is -0.385 e. The number of halogens is 3. The van der Waals surface area contributed by atoms with E-state index in [-0.39, 0.29) is 6.04 Å². The van der Waals surface area contributed by atoms with E-state index in [4.69, 9.17) is 5.73 Å². The lowest BCUT2D eigenvalue weighted by Gasteiger charge is -2.41. The van der Waals surface area contributed by atoms with Gasteiger partial charge in [0.1, 0.15) is 18.0 Å². The predicted molar refractivity (Wildman–Crippen MR) is 153 cm³/mol. The summed E-state index contributed by atoms with van der Waals surface area (Å²) >= 11 is 0. The van der Waals surface area contributed by atoms with Crippen LogP contribution >= 0.6 is 0 Å². The van der Waals surface area contributed by atoms with Gasteiger partial charge in [-0.3, -0.25) is 4.90 Å². The highest BCUT2D eigenvalue weighted by Crippen LogP contribution is 2.36. The zero-order valence-corrected chi connectivity index (χ0v) is 23.6. The molecule has 1 saturated heterocycles. The molecular formula is C30H39F3N6O. The van der Waals surface area contributed by atoms with E-state index in [9.17, 15) is 18.3 Å². The number of nitrogen functional groups attached to an aromatic ring is 1. The average molecular weight is 557 g/mol. The quantitative estimate of drug-likeness (QED) is 0.376. The molecule has 3 N–H and O–H groups in total.